The molecule has 0 amide bonds. The van der Waals surface area contributed by atoms with Crippen LogP contribution in [-0.4, -0.2) is 50.3 Å². The maximum absolute atomic E-state index is 6.31. The molecule has 0 spiro atoms. The molecule has 2 aliphatic rings. The van der Waals surface area contributed by atoms with Gasteiger partial charge < -0.3 is 9.64 Å². The molecule has 0 saturated carbocycles. The van der Waals surface area contributed by atoms with Gasteiger partial charge in [-0.15, -0.1) is 0 Å². The summed E-state index contributed by atoms with van der Waals surface area (Å²) in [5.41, 5.74) is 1.19. The first-order chi connectivity index (χ1) is 10.3. The van der Waals surface area contributed by atoms with Gasteiger partial charge in [-0.05, 0) is 44.4 Å². The fourth-order valence-corrected chi connectivity index (χ4v) is 3.93. The van der Waals surface area contributed by atoms with Crippen LogP contribution < -0.4 is 4.90 Å². The minimum absolute atomic E-state index is 0.431. The van der Waals surface area contributed by atoms with Crippen molar-refractivity contribution >= 4 is 17.3 Å². The third-order valence-corrected chi connectivity index (χ3v) is 5.24. The molecule has 1 unspecified atom stereocenters. The first kappa shape index (κ1) is 15.1. The SMILES string of the molecule is COC1CCCN(C2CCN(c3ccccc3Cl)CC2)C1. The molecule has 2 fully saturated rings. The monoisotopic (exact) mass is 308 g/mol. The van der Waals surface area contributed by atoms with Gasteiger partial charge in [0.15, 0.2) is 0 Å². The van der Waals surface area contributed by atoms with E-state index in [-0.39, 0.29) is 0 Å². The van der Waals surface area contributed by atoms with E-state index >= 15 is 0 Å². The predicted molar refractivity (Wildman–Crippen MR) is 88.3 cm³/mol. The summed E-state index contributed by atoms with van der Waals surface area (Å²) in [5.74, 6) is 0. The number of piperidine rings is 2. The molecule has 1 atom stereocenters. The Kier molecular flexibility index (Phi) is 5.04. The molecule has 116 valence electrons. The zero-order chi connectivity index (χ0) is 14.7. The van der Waals surface area contributed by atoms with Crippen LogP contribution in [0.5, 0.6) is 0 Å². The van der Waals surface area contributed by atoms with Gasteiger partial charge in [0, 0.05) is 32.8 Å². The maximum atomic E-state index is 6.31. The van der Waals surface area contributed by atoms with E-state index in [1.54, 1.807) is 0 Å². The molecule has 0 aliphatic carbocycles. The number of rotatable bonds is 3. The van der Waals surface area contributed by atoms with Crippen molar-refractivity contribution in [1.82, 2.24) is 4.90 Å². The fourth-order valence-electron chi connectivity index (χ4n) is 3.67. The summed E-state index contributed by atoms with van der Waals surface area (Å²) in [7, 11) is 1.84. The number of ether oxygens (including phenoxy) is 1. The highest BCUT2D eigenvalue weighted by Gasteiger charge is 2.29. The van der Waals surface area contributed by atoms with Crippen LogP contribution >= 0.6 is 11.6 Å². The number of methoxy groups -OCH3 is 1. The minimum atomic E-state index is 0.431. The highest BCUT2D eigenvalue weighted by molar-refractivity contribution is 6.33. The molecule has 1 aromatic rings. The van der Waals surface area contributed by atoms with E-state index in [2.05, 4.69) is 21.9 Å². The van der Waals surface area contributed by atoms with Crippen molar-refractivity contribution in [3.63, 3.8) is 0 Å². The van der Waals surface area contributed by atoms with Crippen LogP contribution in [0.25, 0.3) is 0 Å². The highest BCUT2D eigenvalue weighted by atomic mass is 35.5. The molecule has 3 rings (SSSR count). The van der Waals surface area contributed by atoms with Gasteiger partial charge in [-0.3, -0.25) is 4.90 Å². The Morgan fingerprint density at radius 1 is 1.10 bits per heavy atom. The van der Waals surface area contributed by atoms with Crippen molar-refractivity contribution in [2.24, 2.45) is 0 Å². The van der Waals surface area contributed by atoms with Crippen LogP contribution in [-0.2, 0) is 4.74 Å². The Morgan fingerprint density at radius 2 is 1.86 bits per heavy atom. The van der Waals surface area contributed by atoms with E-state index in [4.69, 9.17) is 16.3 Å². The summed E-state index contributed by atoms with van der Waals surface area (Å²) < 4.78 is 5.55. The Labute approximate surface area is 132 Å². The third kappa shape index (κ3) is 3.53. The molecular weight excluding hydrogens is 284 g/mol. The van der Waals surface area contributed by atoms with Crippen LogP contribution in [0.15, 0.2) is 24.3 Å². The molecule has 4 heteroatoms. The molecule has 0 aromatic heterocycles. The average molecular weight is 309 g/mol. The molecule has 2 saturated heterocycles. The average Bonchev–Trinajstić information content (AvgIpc) is 2.56. The molecule has 0 N–H and O–H groups in total. The lowest BCUT2D eigenvalue weighted by molar-refractivity contribution is 0.0102. The zero-order valence-electron chi connectivity index (χ0n) is 12.8. The van der Waals surface area contributed by atoms with Crippen LogP contribution in [0.3, 0.4) is 0 Å². The number of halogens is 1. The first-order valence-corrected chi connectivity index (χ1v) is 8.42. The lowest BCUT2D eigenvalue weighted by Gasteiger charge is -2.42. The van der Waals surface area contributed by atoms with E-state index in [0.717, 1.165) is 24.7 Å². The standard InChI is InChI=1S/C17H25ClN2O/c1-21-15-5-4-10-20(13-15)14-8-11-19(12-9-14)17-7-3-2-6-16(17)18/h2-3,6-7,14-15H,4-5,8-13H2,1H3. The quantitative estimate of drug-likeness (QED) is 0.851. The van der Waals surface area contributed by atoms with Gasteiger partial charge in [0.1, 0.15) is 0 Å². The molecule has 21 heavy (non-hydrogen) atoms. The Morgan fingerprint density at radius 3 is 2.57 bits per heavy atom. The van der Waals surface area contributed by atoms with Crippen molar-refractivity contribution < 1.29 is 4.74 Å². The van der Waals surface area contributed by atoms with Gasteiger partial charge in [0.2, 0.25) is 0 Å². The summed E-state index contributed by atoms with van der Waals surface area (Å²) in [6.45, 7) is 4.54. The van der Waals surface area contributed by atoms with Gasteiger partial charge in [-0.1, -0.05) is 23.7 Å². The molecular formula is C17H25ClN2O. The van der Waals surface area contributed by atoms with E-state index < -0.39 is 0 Å². The fraction of sp³-hybridized carbons (Fsp3) is 0.647. The van der Waals surface area contributed by atoms with Gasteiger partial charge in [0.25, 0.3) is 0 Å². The second kappa shape index (κ2) is 6.99. The minimum Gasteiger partial charge on any atom is -0.380 e. The smallest absolute Gasteiger partial charge is 0.0698 e. The van der Waals surface area contributed by atoms with Crippen LogP contribution in [0, 0.1) is 0 Å². The van der Waals surface area contributed by atoms with Crippen molar-refractivity contribution in [2.75, 3.05) is 38.2 Å². The maximum Gasteiger partial charge on any atom is 0.0698 e. The van der Waals surface area contributed by atoms with Crippen LogP contribution in [0.1, 0.15) is 25.7 Å². The molecule has 2 heterocycles. The topological polar surface area (TPSA) is 15.7 Å². The van der Waals surface area contributed by atoms with Gasteiger partial charge >= 0.3 is 0 Å². The Hall–Kier alpha value is -0.770. The van der Waals surface area contributed by atoms with E-state index in [0.29, 0.717) is 12.1 Å². The number of nitrogens with zero attached hydrogens (tertiary/aromatic N) is 2. The van der Waals surface area contributed by atoms with E-state index in [1.165, 1.54) is 37.9 Å². The Bertz CT molecular complexity index is 460. The second-order valence-corrected chi connectivity index (χ2v) is 6.57. The van der Waals surface area contributed by atoms with Crippen molar-refractivity contribution in [3.05, 3.63) is 29.3 Å². The zero-order valence-corrected chi connectivity index (χ0v) is 13.6. The number of para-hydroxylation sites is 1. The third-order valence-electron chi connectivity index (χ3n) is 4.92. The number of anilines is 1. The van der Waals surface area contributed by atoms with E-state index in [9.17, 15) is 0 Å². The van der Waals surface area contributed by atoms with Crippen molar-refractivity contribution in [1.29, 1.82) is 0 Å². The predicted octanol–water partition coefficient (Wildman–Crippen LogP) is 3.42. The largest absolute Gasteiger partial charge is 0.380 e. The highest BCUT2D eigenvalue weighted by Crippen LogP contribution is 2.29. The summed E-state index contributed by atoms with van der Waals surface area (Å²) >= 11 is 6.31. The molecule has 2 aliphatic heterocycles. The summed E-state index contributed by atoms with van der Waals surface area (Å²) in [5, 5.41) is 0.869. The Balaban J connectivity index is 1.57. The second-order valence-electron chi connectivity index (χ2n) is 6.16. The number of hydrogen-bond donors (Lipinski definition) is 0. The molecule has 0 radical (unpaired) electrons. The summed E-state index contributed by atoms with van der Waals surface area (Å²) in [4.78, 5) is 5.07. The first-order valence-electron chi connectivity index (χ1n) is 8.04. The van der Waals surface area contributed by atoms with E-state index in [1.807, 2.05) is 19.2 Å². The van der Waals surface area contributed by atoms with Crippen molar-refractivity contribution in [2.45, 2.75) is 37.8 Å². The van der Waals surface area contributed by atoms with Gasteiger partial charge in [-0.2, -0.15) is 0 Å². The summed E-state index contributed by atoms with van der Waals surface area (Å²) in [6, 6.07) is 8.89. The lowest BCUT2D eigenvalue weighted by atomic mass is 9.98. The lowest BCUT2D eigenvalue weighted by Crippen LogP contribution is -2.50. The number of benzene rings is 1. The molecule has 3 nitrogen and oxygen atoms in total. The summed E-state index contributed by atoms with van der Waals surface area (Å²) in [6.07, 6.45) is 5.36. The number of hydrogen-bond acceptors (Lipinski definition) is 3. The normalized spacial score (nSPS) is 25.2. The number of likely N-dealkylation sites (tertiary alicyclic amines) is 1. The molecule has 1 aromatic carbocycles. The van der Waals surface area contributed by atoms with Crippen LogP contribution in [0.4, 0.5) is 5.69 Å². The van der Waals surface area contributed by atoms with Gasteiger partial charge in [-0.25, -0.2) is 0 Å². The van der Waals surface area contributed by atoms with Crippen molar-refractivity contribution in [3.8, 4) is 0 Å². The van der Waals surface area contributed by atoms with Gasteiger partial charge in [0.05, 0.1) is 16.8 Å². The molecule has 0 bridgehead atoms. The van der Waals surface area contributed by atoms with Crippen LogP contribution in [0.2, 0.25) is 5.02 Å².